The van der Waals surface area contributed by atoms with Crippen molar-refractivity contribution in [1.29, 1.82) is 0 Å². The summed E-state index contributed by atoms with van der Waals surface area (Å²) in [5, 5.41) is 5.00. The molecule has 0 bridgehead atoms. The average Bonchev–Trinajstić information content (AvgIpc) is 3.21. The van der Waals surface area contributed by atoms with E-state index in [1.54, 1.807) is 17.4 Å². The topological polar surface area (TPSA) is 62.4 Å². The highest BCUT2D eigenvalue weighted by molar-refractivity contribution is 7.10. The number of fused-ring (bicyclic) bond motifs is 1. The number of aromatic nitrogens is 2. The second-order valence-electron chi connectivity index (χ2n) is 6.85. The van der Waals surface area contributed by atoms with Crippen molar-refractivity contribution in [3.63, 3.8) is 0 Å². The number of hydrogen-bond acceptors (Lipinski definition) is 3. The van der Waals surface area contributed by atoms with Crippen LogP contribution in [0, 0.1) is 6.92 Å². The molecule has 0 unspecified atom stereocenters. The number of hydrogen-bond donors (Lipinski definition) is 2. The molecule has 2 atom stereocenters. The molecule has 27 heavy (non-hydrogen) atoms. The van der Waals surface area contributed by atoms with E-state index in [1.807, 2.05) is 18.2 Å². The van der Waals surface area contributed by atoms with E-state index in [0.717, 1.165) is 5.52 Å². The summed E-state index contributed by atoms with van der Waals surface area (Å²) in [7, 11) is 0. The smallest absolute Gasteiger partial charge is 0.258 e. The highest BCUT2D eigenvalue weighted by Crippen LogP contribution is 2.24. The highest BCUT2D eigenvalue weighted by Gasteiger charge is 2.24. The molecule has 0 fully saturated rings. The Kier molecular flexibility index (Phi) is 4.88. The maximum atomic E-state index is 12.4. The molecule has 3 N–H and O–H groups in total. The summed E-state index contributed by atoms with van der Waals surface area (Å²) in [6.45, 7) is 4.18. The predicted octanol–water partition coefficient (Wildman–Crippen LogP) is 3.71. The van der Waals surface area contributed by atoms with E-state index in [9.17, 15) is 4.79 Å². The molecule has 0 spiro atoms. The number of nitrogens with two attached hydrogens (primary N) is 1. The van der Waals surface area contributed by atoms with Crippen LogP contribution in [-0.2, 0) is 0 Å². The van der Waals surface area contributed by atoms with Crippen LogP contribution in [0.5, 0.6) is 0 Å². The van der Waals surface area contributed by atoms with Crippen molar-refractivity contribution in [2.45, 2.75) is 25.9 Å². The van der Waals surface area contributed by atoms with Crippen LogP contribution in [0.25, 0.3) is 10.9 Å². The standard InChI is InChI=1S/C22H21N3OS/c1-14-9-11-16(12-10-14)20(19-8-5-13-27-19)23-15(2)21-24-18-7-4-3-6-17(18)22(26)25-21/h3-13,15,20,23H,1-2H3,(H,24,25,26)/p+1/t15-,20-/m1/s1. The number of nitrogens with one attached hydrogen (secondary N) is 1. The van der Waals surface area contributed by atoms with Gasteiger partial charge < -0.3 is 10.3 Å². The molecule has 0 aliphatic rings. The molecule has 0 saturated carbocycles. The van der Waals surface area contributed by atoms with Gasteiger partial charge in [0.25, 0.3) is 5.56 Å². The van der Waals surface area contributed by atoms with E-state index < -0.39 is 0 Å². The largest absolute Gasteiger partial charge is 0.327 e. The fraction of sp³-hybridized carbons (Fsp3) is 0.182. The van der Waals surface area contributed by atoms with Crippen molar-refractivity contribution in [2.24, 2.45) is 0 Å². The van der Waals surface area contributed by atoms with Crippen molar-refractivity contribution in [3.05, 3.63) is 98.2 Å². The maximum Gasteiger partial charge on any atom is 0.258 e. The van der Waals surface area contributed by atoms with Crippen molar-refractivity contribution >= 4 is 22.2 Å². The second-order valence-corrected chi connectivity index (χ2v) is 7.83. The van der Waals surface area contributed by atoms with Crippen molar-refractivity contribution in [1.82, 2.24) is 9.97 Å². The van der Waals surface area contributed by atoms with E-state index in [-0.39, 0.29) is 17.6 Å². The first kappa shape index (κ1) is 17.6. The SMILES string of the molecule is Cc1ccc([C@@H]([NH2+][C@H](C)c2nc3ccccc3c(=O)[nH]2)c2cccs2)cc1. The molecule has 136 valence electrons. The zero-order chi connectivity index (χ0) is 18.8. The summed E-state index contributed by atoms with van der Waals surface area (Å²) >= 11 is 1.75. The third-order valence-corrected chi connectivity index (χ3v) is 5.79. The molecular weight excluding hydrogens is 354 g/mol. The number of para-hydroxylation sites is 1. The third kappa shape index (κ3) is 3.70. The first-order valence-electron chi connectivity index (χ1n) is 9.06. The van der Waals surface area contributed by atoms with E-state index >= 15 is 0 Å². The van der Waals surface area contributed by atoms with E-state index in [0.29, 0.717) is 11.2 Å². The normalized spacial score (nSPS) is 13.6. The van der Waals surface area contributed by atoms with Crippen LogP contribution in [0.4, 0.5) is 0 Å². The molecule has 4 nitrogen and oxygen atoms in total. The number of aryl methyl sites for hydroxylation is 1. The fourth-order valence-corrected chi connectivity index (χ4v) is 4.14. The second kappa shape index (κ2) is 7.47. The minimum Gasteiger partial charge on any atom is -0.327 e. The highest BCUT2D eigenvalue weighted by atomic mass is 32.1. The maximum absolute atomic E-state index is 12.4. The number of H-pyrrole nitrogens is 1. The van der Waals surface area contributed by atoms with Gasteiger partial charge in [0, 0.05) is 5.56 Å². The van der Waals surface area contributed by atoms with E-state index in [2.05, 4.69) is 65.9 Å². The lowest BCUT2D eigenvalue weighted by atomic mass is 10.0. The molecule has 2 aromatic carbocycles. The van der Waals surface area contributed by atoms with Gasteiger partial charge in [-0.3, -0.25) is 4.79 Å². The number of thiophene rings is 1. The van der Waals surface area contributed by atoms with E-state index in [1.165, 1.54) is 16.0 Å². The van der Waals surface area contributed by atoms with Crippen LogP contribution in [-0.4, -0.2) is 9.97 Å². The van der Waals surface area contributed by atoms with Crippen LogP contribution in [0.1, 0.15) is 40.8 Å². The Labute approximate surface area is 161 Å². The van der Waals surface area contributed by atoms with Gasteiger partial charge in [-0.1, -0.05) is 48.0 Å². The minimum absolute atomic E-state index is 0.00992. The quantitative estimate of drug-likeness (QED) is 0.558. The van der Waals surface area contributed by atoms with Crippen LogP contribution < -0.4 is 10.9 Å². The summed E-state index contributed by atoms with van der Waals surface area (Å²) in [4.78, 5) is 21.4. The Balaban J connectivity index is 1.69. The van der Waals surface area contributed by atoms with Gasteiger partial charge in [-0.25, -0.2) is 4.98 Å². The third-order valence-electron chi connectivity index (χ3n) is 4.83. The van der Waals surface area contributed by atoms with E-state index in [4.69, 9.17) is 4.98 Å². The van der Waals surface area contributed by atoms with Crippen LogP contribution in [0.2, 0.25) is 0 Å². The molecule has 2 heterocycles. The number of benzene rings is 2. The summed E-state index contributed by atoms with van der Waals surface area (Å²) < 4.78 is 0. The molecule has 0 radical (unpaired) electrons. The molecular formula is C22H22N3OS+. The van der Waals surface area contributed by atoms with Crippen LogP contribution in [0.3, 0.4) is 0 Å². The molecule has 0 saturated heterocycles. The first-order chi connectivity index (χ1) is 13.1. The monoisotopic (exact) mass is 376 g/mol. The average molecular weight is 377 g/mol. The molecule has 0 aliphatic carbocycles. The molecule has 0 aliphatic heterocycles. The summed E-state index contributed by atoms with van der Waals surface area (Å²) in [5.74, 6) is 0.701. The fourth-order valence-electron chi connectivity index (χ4n) is 3.31. The molecule has 0 amide bonds. The van der Waals surface area contributed by atoms with Crippen molar-refractivity contribution in [3.8, 4) is 0 Å². The summed E-state index contributed by atoms with van der Waals surface area (Å²) in [6, 6.07) is 20.5. The summed E-state index contributed by atoms with van der Waals surface area (Å²) in [6.07, 6.45) is 0. The number of aromatic amines is 1. The zero-order valence-electron chi connectivity index (χ0n) is 15.3. The van der Waals surface area contributed by atoms with Gasteiger partial charge in [-0.2, -0.15) is 0 Å². The number of quaternary nitrogens is 1. The van der Waals surface area contributed by atoms with Crippen LogP contribution in [0.15, 0.2) is 70.8 Å². The molecule has 2 aromatic heterocycles. The van der Waals surface area contributed by atoms with Gasteiger partial charge in [0.2, 0.25) is 0 Å². The predicted molar refractivity (Wildman–Crippen MR) is 110 cm³/mol. The van der Waals surface area contributed by atoms with Crippen LogP contribution >= 0.6 is 11.3 Å². The van der Waals surface area contributed by atoms with Gasteiger partial charge in [0.15, 0.2) is 5.82 Å². The lowest BCUT2D eigenvalue weighted by molar-refractivity contribution is -0.723. The van der Waals surface area contributed by atoms with Crippen molar-refractivity contribution < 1.29 is 5.32 Å². The molecule has 5 heteroatoms. The lowest BCUT2D eigenvalue weighted by Crippen LogP contribution is -2.86. The first-order valence-corrected chi connectivity index (χ1v) is 9.93. The van der Waals surface area contributed by atoms with Gasteiger partial charge in [0.05, 0.1) is 15.8 Å². The Morgan fingerprint density at radius 1 is 1.04 bits per heavy atom. The molecule has 4 rings (SSSR count). The Bertz CT molecular complexity index is 1100. The lowest BCUT2D eigenvalue weighted by Gasteiger charge is -2.19. The van der Waals surface area contributed by atoms with Gasteiger partial charge in [0.1, 0.15) is 12.1 Å². The number of rotatable bonds is 5. The van der Waals surface area contributed by atoms with Crippen molar-refractivity contribution in [2.75, 3.05) is 0 Å². The Morgan fingerprint density at radius 2 is 1.81 bits per heavy atom. The van der Waals surface area contributed by atoms with Gasteiger partial charge in [-0.05, 0) is 37.4 Å². The van der Waals surface area contributed by atoms with Gasteiger partial charge in [-0.15, -0.1) is 11.3 Å². The Hall–Kier alpha value is -2.76. The number of nitrogens with zero attached hydrogens (tertiary/aromatic N) is 1. The molecule has 4 aromatic rings. The van der Waals surface area contributed by atoms with Gasteiger partial charge >= 0.3 is 0 Å². The minimum atomic E-state index is -0.0844. The Morgan fingerprint density at radius 3 is 2.56 bits per heavy atom. The zero-order valence-corrected chi connectivity index (χ0v) is 16.2. The summed E-state index contributed by atoms with van der Waals surface area (Å²) in [5.41, 5.74) is 3.15.